The summed E-state index contributed by atoms with van der Waals surface area (Å²) in [4.78, 5) is 28.3. The number of aryl methyl sites for hydroxylation is 1. The first-order valence-electron chi connectivity index (χ1n) is 8.91. The molecule has 0 saturated heterocycles. The lowest BCUT2D eigenvalue weighted by Gasteiger charge is -2.11. The molecule has 0 bridgehead atoms. The Morgan fingerprint density at radius 1 is 1.00 bits per heavy atom. The highest BCUT2D eigenvalue weighted by molar-refractivity contribution is 6.03. The number of esters is 1. The van der Waals surface area contributed by atoms with E-state index >= 15 is 0 Å². The Morgan fingerprint density at radius 2 is 1.75 bits per heavy atom. The summed E-state index contributed by atoms with van der Waals surface area (Å²) >= 11 is 0. The summed E-state index contributed by atoms with van der Waals surface area (Å²) in [5.74, 6) is -0.660. The number of rotatable bonds is 6. The van der Waals surface area contributed by atoms with Crippen molar-refractivity contribution >= 4 is 28.9 Å². The van der Waals surface area contributed by atoms with Crippen LogP contribution in [-0.4, -0.2) is 24.0 Å². The molecule has 0 radical (unpaired) electrons. The number of anilines is 3. The number of methoxy groups -OCH3 is 1. The molecule has 142 valence electrons. The van der Waals surface area contributed by atoms with Gasteiger partial charge in [0.15, 0.2) is 0 Å². The second-order valence-electron chi connectivity index (χ2n) is 6.09. The number of nitrogens with one attached hydrogen (secondary N) is 2. The Balaban J connectivity index is 1.73. The third kappa shape index (κ3) is 4.54. The van der Waals surface area contributed by atoms with E-state index in [-0.39, 0.29) is 11.9 Å². The third-order valence-corrected chi connectivity index (χ3v) is 4.23. The summed E-state index contributed by atoms with van der Waals surface area (Å²) in [6.07, 6.45) is 2.40. The van der Waals surface area contributed by atoms with E-state index in [2.05, 4.69) is 20.4 Å². The summed E-state index contributed by atoms with van der Waals surface area (Å²) in [6.45, 7) is 2.04. The molecule has 0 spiro atoms. The van der Waals surface area contributed by atoms with Crippen LogP contribution in [0.3, 0.4) is 0 Å². The molecule has 0 atom stereocenters. The van der Waals surface area contributed by atoms with Gasteiger partial charge >= 0.3 is 5.97 Å². The zero-order chi connectivity index (χ0) is 19.9. The summed E-state index contributed by atoms with van der Waals surface area (Å²) in [7, 11) is 1.34. The highest BCUT2D eigenvalue weighted by Crippen LogP contribution is 2.20. The smallest absolute Gasteiger partial charge is 0.337 e. The van der Waals surface area contributed by atoms with Gasteiger partial charge in [0.05, 0.1) is 12.7 Å². The van der Waals surface area contributed by atoms with Crippen molar-refractivity contribution in [2.24, 2.45) is 0 Å². The molecule has 0 saturated carbocycles. The molecule has 0 fully saturated rings. The van der Waals surface area contributed by atoms with Crippen LogP contribution in [-0.2, 0) is 11.2 Å². The molecule has 3 rings (SSSR count). The number of ether oxygens (including phenoxy) is 1. The van der Waals surface area contributed by atoms with E-state index < -0.39 is 0 Å². The Labute approximate surface area is 163 Å². The molecule has 0 aliphatic carbocycles. The summed E-state index contributed by atoms with van der Waals surface area (Å²) in [6, 6.07) is 18.0. The molecule has 2 N–H and O–H groups in total. The fraction of sp³-hybridized carbons (Fsp3) is 0.136. The fourth-order valence-corrected chi connectivity index (χ4v) is 2.74. The van der Waals surface area contributed by atoms with Crippen molar-refractivity contribution in [2.45, 2.75) is 13.3 Å². The van der Waals surface area contributed by atoms with Gasteiger partial charge in [-0.25, -0.2) is 4.79 Å². The van der Waals surface area contributed by atoms with Crippen molar-refractivity contribution in [3.63, 3.8) is 0 Å². The number of benzene rings is 2. The molecule has 1 heterocycles. The van der Waals surface area contributed by atoms with Crippen molar-refractivity contribution in [1.29, 1.82) is 0 Å². The molecule has 2 aromatic carbocycles. The summed E-state index contributed by atoms with van der Waals surface area (Å²) < 4.78 is 4.69. The van der Waals surface area contributed by atoms with Gasteiger partial charge in [0, 0.05) is 23.3 Å². The lowest BCUT2D eigenvalue weighted by atomic mass is 10.1. The molecule has 1 aromatic heterocycles. The number of carbonyl (C=O) groups excluding carboxylic acids is 2. The van der Waals surface area contributed by atoms with Gasteiger partial charge in [0.25, 0.3) is 5.91 Å². The number of hydrogen-bond acceptors (Lipinski definition) is 5. The van der Waals surface area contributed by atoms with E-state index in [1.54, 1.807) is 42.6 Å². The quantitative estimate of drug-likeness (QED) is 0.623. The molecular weight excluding hydrogens is 354 g/mol. The highest BCUT2D eigenvalue weighted by atomic mass is 16.5. The Kier molecular flexibility index (Phi) is 6.01. The summed E-state index contributed by atoms with van der Waals surface area (Å²) in [5.41, 5.74) is 4.13. The number of hydrogen-bond donors (Lipinski definition) is 2. The summed E-state index contributed by atoms with van der Waals surface area (Å²) in [5, 5.41) is 6.11. The third-order valence-electron chi connectivity index (χ3n) is 4.23. The van der Waals surface area contributed by atoms with Crippen LogP contribution in [0, 0.1) is 0 Å². The minimum Gasteiger partial charge on any atom is -0.465 e. The molecule has 0 aliphatic rings. The lowest BCUT2D eigenvalue weighted by Crippen LogP contribution is -2.15. The number of pyridine rings is 1. The Hall–Kier alpha value is -3.67. The topological polar surface area (TPSA) is 80.3 Å². The molecular formula is C22H21N3O3. The van der Waals surface area contributed by atoms with Gasteiger partial charge in [0.2, 0.25) is 0 Å². The number of nitrogens with zero attached hydrogens (tertiary/aromatic N) is 1. The van der Waals surface area contributed by atoms with Crippen molar-refractivity contribution in [1.82, 2.24) is 4.98 Å². The first-order chi connectivity index (χ1) is 13.6. The maximum absolute atomic E-state index is 12.6. The van der Waals surface area contributed by atoms with Crippen LogP contribution in [0.2, 0.25) is 0 Å². The standard InChI is InChI=1S/C22H21N3O3/c1-3-15-6-4-5-7-19(15)25-21(26)20-14-18(12-13-23-20)24-17-10-8-16(9-11-17)22(27)28-2/h4-14H,3H2,1-2H3,(H,23,24)(H,25,26). The average molecular weight is 375 g/mol. The van der Waals surface area contributed by atoms with E-state index in [0.29, 0.717) is 11.3 Å². The maximum atomic E-state index is 12.6. The van der Waals surface area contributed by atoms with Gasteiger partial charge in [0.1, 0.15) is 5.69 Å². The maximum Gasteiger partial charge on any atom is 0.337 e. The molecule has 28 heavy (non-hydrogen) atoms. The highest BCUT2D eigenvalue weighted by Gasteiger charge is 2.11. The predicted octanol–water partition coefficient (Wildman–Crippen LogP) is 4.43. The van der Waals surface area contributed by atoms with E-state index in [9.17, 15) is 9.59 Å². The van der Waals surface area contributed by atoms with Crippen LogP contribution in [0.15, 0.2) is 66.9 Å². The minimum absolute atomic E-state index is 0.273. The van der Waals surface area contributed by atoms with Crippen LogP contribution in [0.5, 0.6) is 0 Å². The van der Waals surface area contributed by atoms with Gasteiger partial charge < -0.3 is 15.4 Å². The molecule has 6 heteroatoms. The van der Waals surface area contributed by atoms with E-state index in [1.807, 2.05) is 31.2 Å². The van der Waals surface area contributed by atoms with Crippen LogP contribution in [0.4, 0.5) is 17.1 Å². The average Bonchev–Trinajstić information content (AvgIpc) is 2.74. The Morgan fingerprint density at radius 3 is 2.46 bits per heavy atom. The van der Waals surface area contributed by atoms with Crippen molar-refractivity contribution in [3.05, 3.63) is 83.7 Å². The Bertz CT molecular complexity index is 984. The van der Waals surface area contributed by atoms with E-state index in [0.717, 1.165) is 29.0 Å². The van der Waals surface area contributed by atoms with Crippen LogP contribution in [0.25, 0.3) is 0 Å². The van der Waals surface area contributed by atoms with Gasteiger partial charge in [-0.15, -0.1) is 0 Å². The fourth-order valence-electron chi connectivity index (χ4n) is 2.74. The first-order valence-corrected chi connectivity index (χ1v) is 8.91. The molecule has 0 aliphatic heterocycles. The van der Waals surface area contributed by atoms with Crippen molar-refractivity contribution in [3.8, 4) is 0 Å². The van der Waals surface area contributed by atoms with Crippen LogP contribution >= 0.6 is 0 Å². The monoisotopic (exact) mass is 375 g/mol. The van der Waals surface area contributed by atoms with Crippen LogP contribution in [0.1, 0.15) is 33.3 Å². The molecule has 6 nitrogen and oxygen atoms in total. The van der Waals surface area contributed by atoms with E-state index in [4.69, 9.17) is 0 Å². The van der Waals surface area contributed by atoms with Crippen molar-refractivity contribution < 1.29 is 14.3 Å². The largest absolute Gasteiger partial charge is 0.465 e. The number of carbonyl (C=O) groups is 2. The van der Waals surface area contributed by atoms with Crippen molar-refractivity contribution in [2.75, 3.05) is 17.7 Å². The molecule has 1 amide bonds. The zero-order valence-electron chi connectivity index (χ0n) is 15.7. The first kappa shape index (κ1) is 19.1. The van der Waals surface area contributed by atoms with Crippen LogP contribution < -0.4 is 10.6 Å². The van der Waals surface area contributed by atoms with Gasteiger partial charge in [-0.05, 0) is 54.4 Å². The zero-order valence-corrected chi connectivity index (χ0v) is 15.7. The molecule has 3 aromatic rings. The minimum atomic E-state index is -0.387. The number of amides is 1. The lowest BCUT2D eigenvalue weighted by molar-refractivity contribution is 0.0600. The number of para-hydroxylation sites is 1. The molecule has 0 unspecified atom stereocenters. The second-order valence-corrected chi connectivity index (χ2v) is 6.09. The predicted molar refractivity (Wildman–Crippen MR) is 109 cm³/mol. The van der Waals surface area contributed by atoms with Gasteiger partial charge in [-0.3, -0.25) is 9.78 Å². The van der Waals surface area contributed by atoms with Gasteiger partial charge in [-0.1, -0.05) is 25.1 Å². The normalized spacial score (nSPS) is 10.2. The van der Waals surface area contributed by atoms with Gasteiger partial charge in [-0.2, -0.15) is 0 Å². The number of aromatic nitrogens is 1. The SMILES string of the molecule is CCc1ccccc1NC(=O)c1cc(Nc2ccc(C(=O)OC)cc2)ccn1. The van der Waals surface area contributed by atoms with E-state index in [1.165, 1.54) is 7.11 Å². The second kappa shape index (κ2) is 8.81.